The van der Waals surface area contributed by atoms with Crippen molar-refractivity contribution in [1.29, 1.82) is 0 Å². The first kappa shape index (κ1) is 8.16. The minimum atomic E-state index is 0.347. The van der Waals surface area contributed by atoms with Crippen molar-refractivity contribution in [3.8, 4) is 0 Å². The summed E-state index contributed by atoms with van der Waals surface area (Å²) in [5.74, 6) is 1.22. The number of ketones is 1. The van der Waals surface area contributed by atoms with E-state index in [2.05, 4.69) is 14.9 Å². The minimum absolute atomic E-state index is 0.347. The van der Waals surface area contributed by atoms with Gasteiger partial charge in [0.25, 0.3) is 0 Å². The van der Waals surface area contributed by atoms with Gasteiger partial charge in [-0.1, -0.05) is 0 Å². The summed E-state index contributed by atoms with van der Waals surface area (Å²) in [5.41, 5.74) is 0. The van der Waals surface area contributed by atoms with Crippen LogP contribution < -0.4 is 4.90 Å². The Bertz CT molecular complexity index is 289. The van der Waals surface area contributed by atoms with Gasteiger partial charge in [-0.15, -0.1) is 0 Å². The third-order valence-electron chi connectivity index (χ3n) is 2.19. The number of Topliss-reactive ketones (excluding diaryl/α,β-unsaturated/α-hetero) is 1. The summed E-state index contributed by atoms with van der Waals surface area (Å²) >= 11 is 0. The number of hydrogen-bond acceptors (Lipinski definition) is 4. The van der Waals surface area contributed by atoms with Crippen molar-refractivity contribution in [2.75, 3.05) is 18.0 Å². The first-order chi connectivity index (χ1) is 6.36. The zero-order chi connectivity index (χ0) is 9.10. The molecule has 0 spiro atoms. The van der Waals surface area contributed by atoms with Crippen LogP contribution in [0.25, 0.3) is 0 Å². The maximum atomic E-state index is 11.0. The van der Waals surface area contributed by atoms with Crippen LogP contribution in [0.15, 0.2) is 18.6 Å². The van der Waals surface area contributed by atoms with Gasteiger partial charge in [-0.25, -0.2) is 4.98 Å². The van der Waals surface area contributed by atoms with E-state index in [4.69, 9.17) is 0 Å². The molecule has 2 rings (SSSR count). The maximum Gasteiger partial charge on any atom is 0.147 e. The molecular formula is C9H11N3O. The summed E-state index contributed by atoms with van der Waals surface area (Å²) in [6.07, 6.45) is 6.33. The largest absolute Gasteiger partial charge is 0.354 e. The Labute approximate surface area is 76.6 Å². The van der Waals surface area contributed by atoms with Crippen molar-refractivity contribution in [3.05, 3.63) is 18.6 Å². The molecule has 68 valence electrons. The zero-order valence-electron chi connectivity index (χ0n) is 7.31. The maximum absolute atomic E-state index is 11.0. The number of carbonyl (C=O) groups excluding carboxylic acids is 1. The summed E-state index contributed by atoms with van der Waals surface area (Å²) in [5, 5.41) is 0. The van der Waals surface area contributed by atoms with Crippen LogP contribution in [0.3, 0.4) is 0 Å². The molecule has 4 nitrogen and oxygen atoms in total. The molecule has 1 aliphatic rings. The average molecular weight is 177 g/mol. The predicted molar refractivity (Wildman–Crippen MR) is 48.5 cm³/mol. The Hall–Kier alpha value is -1.45. The molecule has 0 N–H and O–H groups in total. The molecule has 0 amide bonds. The van der Waals surface area contributed by atoms with Crippen molar-refractivity contribution in [1.82, 2.24) is 9.97 Å². The highest BCUT2D eigenvalue weighted by Gasteiger charge is 2.16. The molecule has 0 saturated carbocycles. The van der Waals surface area contributed by atoms with Gasteiger partial charge in [0, 0.05) is 38.3 Å². The fourth-order valence-electron chi connectivity index (χ4n) is 1.44. The van der Waals surface area contributed by atoms with E-state index in [0.717, 1.165) is 18.9 Å². The lowest BCUT2D eigenvalue weighted by atomic mass is 10.1. The van der Waals surface area contributed by atoms with Crippen LogP contribution in [0.1, 0.15) is 12.8 Å². The zero-order valence-corrected chi connectivity index (χ0v) is 7.31. The van der Waals surface area contributed by atoms with Crippen LogP contribution >= 0.6 is 0 Å². The molecule has 0 unspecified atom stereocenters. The first-order valence-corrected chi connectivity index (χ1v) is 4.39. The van der Waals surface area contributed by atoms with E-state index in [-0.39, 0.29) is 0 Å². The number of aromatic nitrogens is 2. The fourth-order valence-corrected chi connectivity index (χ4v) is 1.44. The molecule has 1 aliphatic heterocycles. The average Bonchev–Trinajstić information content (AvgIpc) is 2.20. The molecule has 0 atom stereocenters. The molecule has 1 saturated heterocycles. The summed E-state index contributed by atoms with van der Waals surface area (Å²) in [6, 6.07) is 0. The Balaban J connectivity index is 2.07. The summed E-state index contributed by atoms with van der Waals surface area (Å²) in [4.78, 5) is 21.2. The van der Waals surface area contributed by atoms with Crippen LogP contribution in [0.2, 0.25) is 0 Å². The molecule has 0 bridgehead atoms. The second-order valence-corrected chi connectivity index (χ2v) is 3.09. The van der Waals surface area contributed by atoms with Crippen LogP contribution in [0.4, 0.5) is 5.82 Å². The number of hydrogen-bond donors (Lipinski definition) is 0. The molecule has 0 aliphatic carbocycles. The lowest BCUT2D eigenvalue weighted by Crippen LogP contribution is -2.34. The minimum Gasteiger partial charge on any atom is -0.354 e. The van der Waals surface area contributed by atoms with Crippen molar-refractivity contribution in [2.24, 2.45) is 0 Å². The molecule has 0 aromatic carbocycles. The monoisotopic (exact) mass is 177 g/mol. The van der Waals surface area contributed by atoms with Crippen molar-refractivity contribution in [3.63, 3.8) is 0 Å². The van der Waals surface area contributed by atoms with Crippen molar-refractivity contribution in [2.45, 2.75) is 12.8 Å². The SMILES string of the molecule is O=C1CCN(c2cnccn2)CC1. The highest BCUT2D eigenvalue weighted by atomic mass is 16.1. The third-order valence-corrected chi connectivity index (χ3v) is 2.19. The molecular weight excluding hydrogens is 166 g/mol. The van der Waals surface area contributed by atoms with Crippen molar-refractivity contribution < 1.29 is 4.79 Å². The van der Waals surface area contributed by atoms with E-state index in [1.54, 1.807) is 18.6 Å². The summed E-state index contributed by atoms with van der Waals surface area (Å²) in [7, 11) is 0. The van der Waals surface area contributed by atoms with Crippen LogP contribution in [-0.2, 0) is 4.79 Å². The smallest absolute Gasteiger partial charge is 0.147 e. The third kappa shape index (κ3) is 1.83. The molecule has 13 heavy (non-hydrogen) atoms. The van der Waals surface area contributed by atoms with Gasteiger partial charge in [-0.05, 0) is 0 Å². The van der Waals surface area contributed by atoms with Gasteiger partial charge in [0.2, 0.25) is 0 Å². The van der Waals surface area contributed by atoms with E-state index in [1.807, 2.05) is 0 Å². The van der Waals surface area contributed by atoms with Gasteiger partial charge >= 0.3 is 0 Å². The number of carbonyl (C=O) groups is 1. The topological polar surface area (TPSA) is 46.1 Å². The molecule has 1 fully saturated rings. The van der Waals surface area contributed by atoms with Gasteiger partial charge < -0.3 is 4.90 Å². The van der Waals surface area contributed by atoms with E-state index < -0.39 is 0 Å². The van der Waals surface area contributed by atoms with Gasteiger partial charge in [0.05, 0.1) is 6.20 Å². The molecule has 1 aromatic heterocycles. The van der Waals surface area contributed by atoms with E-state index in [0.29, 0.717) is 18.6 Å². The van der Waals surface area contributed by atoms with Gasteiger partial charge in [-0.2, -0.15) is 0 Å². The fraction of sp³-hybridized carbons (Fsp3) is 0.444. The molecule has 4 heteroatoms. The Morgan fingerprint density at radius 1 is 1.23 bits per heavy atom. The van der Waals surface area contributed by atoms with Crippen molar-refractivity contribution >= 4 is 11.6 Å². The van der Waals surface area contributed by atoms with Gasteiger partial charge in [0.1, 0.15) is 11.6 Å². The first-order valence-electron chi connectivity index (χ1n) is 4.39. The summed E-state index contributed by atoms with van der Waals surface area (Å²) < 4.78 is 0. The standard InChI is InChI=1S/C9H11N3O/c13-8-1-5-12(6-2-8)9-7-10-3-4-11-9/h3-4,7H,1-2,5-6H2. The van der Waals surface area contributed by atoms with Gasteiger partial charge in [0.15, 0.2) is 0 Å². The highest BCUT2D eigenvalue weighted by Crippen LogP contribution is 2.13. The number of anilines is 1. The van der Waals surface area contributed by atoms with Gasteiger partial charge in [-0.3, -0.25) is 9.78 Å². The summed E-state index contributed by atoms with van der Waals surface area (Å²) in [6.45, 7) is 1.55. The second-order valence-electron chi connectivity index (χ2n) is 3.09. The lowest BCUT2D eigenvalue weighted by Gasteiger charge is -2.26. The normalized spacial score (nSPS) is 17.5. The Morgan fingerprint density at radius 3 is 2.62 bits per heavy atom. The predicted octanol–water partition coefficient (Wildman–Crippen LogP) is 0.646. The second kappa shape index (κ2) is 3.51. The van der Waals surface area contributed by atoms with Crippen LogP contribution in [0.5, 0.6) is 0 Å². The molecule has 1 aromatic rings. The van der Waals surface area contributed by atoms with E-state index >= 15 is 0 Å². The number of rotatable bonds is 1. The van der Waals surface area contributed by atoms with Crippen LogP contribution in [-0.4, -0.2) is 28.8 Å². The molecule has 0 radical (unpaired) electrons. The molecule has 2 heterocycles. The number of piperidine rings is 1. The van der Waals surface area contributed by atoms with E-state index in [1.165, 1.54) is 0 Å². The quantitative estimate of drug-likeness (QED) is 0.631. The Kier molecular flexibility index (Phi) is 2.21. The highest BCUT2D eigenvalue weighted by molar-refractivity contribution is 5.80. The number of nitrogens with zero attached hydrogens (tertiary/aromatic N) is 3. The lowest BCUT2D eigenvalue weighted by molar-refractivity contribution is -0.119. The van der Waals surface area contributed by atoms with Crippen LogP contribution in [0, 0.1) is 0 Å². The Morgan fingerprint density at radius 2 is 2.00 bits per heavy atom. The van der Waals surface area contributed by atoms with E-state index in [9.17, 15) is 4.79 Å².